The van der Waals surface area contributed by atoms with Crippen molar-refractivity contribution < 1.29 is 28.6 Å². The molecule has 0 radical (unpaired) electrons. The summed E-state index contributed by atoms with van der Waals surface area (Å²) in [5.74, 6) is -1.76. The van der Waals surface area contributed by atoms with Crippen LogP contribution in [0.5, 0.6) is 0 Å². The van der Waals surface area contributed by atoms with Crippen LogP contribution in [0.1, 0.15) is 24.2 Å². The van der Waals surface area contributed by atoms with Gasteiger partial charge < -0.3 is 19.5 Å². The lowest BCUT2D eigenvalue weighted by molar-refractivity contribution is -0.138. The van der Waals surface area contributed by atoms with Gasteiger partial charge in [0.25, 0.3) is 0 Å². The molecule has 0 aliphatic carbocycles. The Morgan fingerprint density at radius 1 is 0.931 bits per heavy atom. The summed E-state index contributed by atoms with van der Waals surface area (Å²) in [5.41, 5.74) is 2.70. The van der Waals surface area contributed by atoms with E-state index in [1.807, 2.05) is 18.2 Å². The Kier molecular flexibility index (Phi) is 7.54. The van der Waals surface area contributed by atoms with E-state index in [0.29, 0.717) is 11.3 Å². The maximum absolute atomic E-state index is 12.1. The minimum absolute atomic E-state index is 0.0504. The monoisotopic (exact) mass is 397 g/mol. The van der Waals surface area contributed by atoms with E-state index in [0.717, 1.165) is 17.2 Å². The average Bonchev–Trinajstić information content (AvgIpc) is 2.72. The average molecular weight is 397 g/mol. The molecule has 0 aliphatic heterocycles. The largest absolute Gasteiger partial charge is 0.466 e. The first-order chi connectivity index (χ1) is 13.8. The molecule has 2 aromatic carbocycles. The molecule has 0 amide bonds. The van der Waals surface area contributed by atoms with Gasteiger partial charge in [-0.3, -0.25) is 0 Å². The van der Waals surface area contributed by atoms with Crippen LogP contribution in [-0.4, -0.2) is 38.2 Å². The second-order valence-corrected chi connectivity index (χ2v) is 6.31. The molecule has 7 heteroatoms. The number of hydrogen-bond acceptors (Lipinski definition) is 7. The van der Waals surface area contributed by atoms with Crippen LogP contribution in [0.15, 0.2) is 60.3 Å². The number of carbonyl (C=O) groups excluding carboxylic acids is 3. The van der Waals surface area contributed by atoms with Gasteiger partial charge in [0.2, 0.25) is 0 Å². The molecular formula is C22H23NO6. The second kappa shape index (κ2) is 10.1. The molecule has 0 atom stereocenters. The van der Waals surface area contributed by atoms with E-state index in [2.05, 4.69) is 14.8 Å². The Hall–Kier alpha value is -3.61. The summed E-state index contributed by atoms with van der Waals surface area (Å²) in [7, 11) is 2.43. The lowest BCUT2D eigenvalue weighted by atomic mass is 10.0. The summed E-state index contributed by atoms with van der Waals surface area (Å²) >= 11 is 0. The van der Waals surface area contributed by atoms with Gasteiger partial charge in [-0.15, -0.1) is 0 Å². The van der Waals surface area contributed by atoms with Gasteiger partial charge in [-0.25, -0.2) is 14.4 Å². The van der Waals surface area contributed by atoms with E-state index in [1.54, 1.807) is 44.2 Å². The zero-order valence-electron chi connectivity index (χ0n) is 16.7. The van der Waals surface area contributed by atoms with Crippen LogP contribution in [0.3, 0.4) is 0 Å². The summed E-state index contributed by atoms with van der Waals surface area (Å²) < 4.78 is 14.4. The van der Waals surface area contributed by atoms with Gasteiger partial charge in [0.1, 0.15) is 5.70 Å². The molecule has 0 spiro atoms. The van der Waals surface area contributed by atoms with Crippen LogP contribution in [0, 0.1) is 0 Å². The van der Waals surface area contributed by atoms with Crippen molar-refractivity contribution in [3.05, 3.63) is 65.9 Å². The number of anilines is 1. The first-order valence-electron chi connectivity index (χ1n) is 8.90. The molecule has 1 N–H and O–H groups in total. The van der Waals surface area contributed by atoms with Gasteiger partial charge in [0, 0.05) is 5.69 Å². The lowest BCUT2D eigenvalue weighted by Crippen LogP contribution is -2.15. The van der Waals surface area contributed by atoms with E-state index in [1.165, 1.54) is 14.2 Å². The maximum Gasteiger partial charge on any atom is 0.354 e. The van der Waals surface area contributed by atoms with Gasteiger partial charge in [-0.1, -0.05) is 24.3 Å². The number of esters is 3. The third-order valence-corrected chi connectivity index (χ3v) is 3.81. The summed E-state index contributed by atoms with van der Waals surface area (Å²) in [6, 6.07) is 14.2. The molecular weight excluding hydrogens is 374 g/mol. The molecule has 0 saturated carbocycles. The number of ether oxygens (including phenoxy) is 3. The molecule has 0 aliphatic rings. The molecule has 0 heterocycles. The fourth-order valence-electron chi connectivity index (χ4n) is 2.44. The molecule has 152 valence electrons. The van der Waals surface area contributed by atoms with Gasteiger partial charge in [-0.2, -0.15) is 0 Å². The van der Waals surface area contributed by atoms with Gasteiger partial charge in [0.05, 0.1) is 32.0 Å². The molecule has 0 bridgehead atoms. The molecule has 0 aromatic heterocycles. The van der Waals surface area contributed by atoms with Crippen molar-refractivity contribution in [2.45, 2.75) is 20.0 Å². The third-order valence-electron chi connectivity index (χ3n) is 3.81. The SMILES string of the molecule is COC(=O)/C=C(/Nc1ccc(-c2cccc(C(=O)OC(C)C)c2)cc1)C(=O)OC. The van der Waals surface area contributed by atoms with Crippen molar-refractivity contribution in [1.29, 1.82) is 0 Å². The normalized spacial score (nSPS) is 11.0. The number of carbonyl (C=O) groups is 3. The summed E-state index contributed by atoms with van der Waals surface area (Å²) in [6.45, 7) is 3.59. The number of hydrogen-bond donors (Lipinski definition) is 1. The molecule has 7 nitrogen and oxygen atoms in total. The zero-order valence-corrected chi connectivity index (χ0v) is 16.7. The summed E-state index contributed by atoms with van der Waals surface area (Å²) in [4.78, 5) is 35.4. The molecule has 2 aromatic rings. The van der Waals surface area contributed by atoms with Gasteiger partial charge in [-0.05, 0) is 49.2 Å². The highest BCUT2D eigenvalue weighted by atomic mass is 16.5. The number of benzene rings is 2. The standard InChI is InChI=1S/C22H23NO6/c1-14(2)29-21(25)17-7-5-6-16(12-17)15-8-10-18(11-9-15)23-19(22(26)28-4)13-20(24)27-3/h5-14,23H,1-4H3/b19-13+. The molecule has 0 saturated heterocycles. The highest BCUT2D eigenvalue weighted by molar-refractivity contribution is 5.98. The first kappa shape index (κ1) is 21.7. The van der Waals surface area contributed by atoms with E-state index in [9.17, 15) is 14.4 Å². The van der Waals surface area contributed by atoms with E-state index < -0.39 is 11.9 Å². The Morgan fingerprint density at radius 2 is 1.62 bits per heavy atom. The van der Waals surface area contributed by atoms with Crippen LogP contribution in [0.2, 0.25) is 0 Å². The minimum atomic E-state index is -0.698. The maximum atomic E-state index is 12.1. The van der Waals surface area contributed by atoms with Crippen molar-refractivity contribution in [3.63, 3.8) is 0 Å². The number of methoxy groups -OCH3 is 2. The van der Waals surface area contributed by atoms with Crippen LogP contribution >= 0.6 is 0 Å². The van der Waals surface area contributed by atoms with Crippen molar-refractivity contribution in [3.8, 4) is 11.1 Å². The van der Waals surface area contributed by atoms with Crippen molar-refractivity contribution in [1.82, 2.24) is 0 Å². The fourth-order valence-corrected chi connectivity index (χ4v) is 2.44. The first-order valence-corrected chi connectivity index (χ1v) is 8.90. The summed E-state index contributed by atoms with van der Waals surface area (Å²) in [5, 5.41) is 2.84. The highest BCUT2D eigenvalue weighted by Crippen LogP contribution is 2.23. The quantitative estimate of drug-likeness (QED) is 0.434. The molecule has 0 fully saturated rings. The van der Waals surface area contributed by atoms with E-state index in [4.69, 9.17) is 4.74 Å². The molecule has 0 unspecified atom stereocenters. The lowest BCUT2D eigenvalue weighted by Gasteiger charge is -2.11. The molecule has 29 heavy (non-hydrogen) atoms. The van der Waals surface area contributed by atoms with Gasteiger partial charge in [0.15, 0.2) is 0 Å². The Labute approximate surface area is 169 Å². The van der Waals surface area contributed by atoms with Crippen LogP contribution in [0.25, 0.3) is 11.1 Å². The van der Waals surface area contributed by atoms with E-state index >= 15 is 0 Å². The van der Waals surface area contributed by atoms with Crippen molar-refractivity contribution in [2.75, 3.05) is 19.5 Å². The Bertz CT molecular complexity index is 915. The number of nitrogens with one attached hydrogen (secondary N) is 1. The summed E-state index contributed by atoms with van der Waals surface area (Å²) in [6.07, 6.45) is 0.822. The van der Waals surface area contributed by atoms with Gasteiger partial charge >= 0.3 is 17.9 Å². The second-order valence-electron chi connectivity index (χ2n) is 6.31. The zero-order chi connectivity index (χ0) is 21.4. The molecule has 2 rings (SSSR count). The van der Waals surface area contributed by atoms with E-state index in [-0.39, 0.29) is 17.8 Å². The van der Waals surface area contributed by atoms with Crippen LogP contribution in [-0.2, 0) is 23.8 Å². The van der Waals surface area contributed by atoms with Crippen LogP contribution in [0.4, 0.5) is 5.69 Å². The Balaban J connectivity index is 2.22. The number of rotatable bonds is 7. The minimum Gasteiger partial charge on any atom is -0.466 e. The predicted octanol–water partition coefficient (Wildman–Crippen LogP) is 3.56. The predicted molar refractivity (Wildman–Crippen MR) is 108 cm³/mol. The Morgan fingerprint density at radius 3 is 2.21 bits per heavy atom. The highest BCUT2D eigenvalue weighted by Gasteiger charge is 2.13. The van der Waals surface area contributed by atoms with Crippen molar-refractivity contribution in [2.24, 2.45) is 0 Å². The fraction of sp³-hybridized carbons (Fsp3) is 0.227. The third kappa shape index (κ3) is 6.21. The van der Waals surface area contributed by atoms with Crippen LogP contribution < -0.4 is 5.32 Å². The smallest absolute Gasteiger partial charge is 0.354 e. The van der Waals surface area contributed by atoms with Crippen molar-refractivity contribution >= 4 is 23.6 Å². The topological polar surface area (TPSA) is 90.9 Å².